The maximum atomic E-state index is 8.71. The van der Waals surface area contributed by atoms with Crippen molar-refractivity contribution in [3.63, 3.8) is 0 Å². The van der Waals surface area contributed by atoms with Crippen molar-refractivity contribution in [3.05, 3.63) is 40.7 Å². The molecule has 1 heterocycles. The average molecular weight is 310 g/mol. The molecule has 1 aromatic heterocycles. The van der Waals surface area contributed by atoms with Crippen LogP contribution in [0.2, 0.25) is 5.15 Å². The first-order chi connectivity index (χ1) is 10.2. The van der Waals surface area contributed by atoms with Crippen LogP contribution in [-0.4, -0.2) is 28.1 Å². The number of hydrogen-bond acceptors (Lipinski definition) is 4. The van der Waals surface area contributed by atoms with Gasteiger partial charge in [-0.25, -0.2) is 0 Å². The first kappa shape index (κ1) is 15.7. The molecule has 0 amide bonds. The van der Waals surface area contributed by atoms with Gasteiger partial charge in [0, 0.05) is 24.8 Å². The van der Waals surface area contributed by atoms with E-state index >= 15 is 0 Å². The van der Waals surface area contributed by atoms with Gasteiger partial charge >= 0.3 is 0 Å². The van der Waals surface area contributed by atoms with E-state index in [1.54, 1.807) is 4.68 Å². The highest BCUT2D eigenvalue weighted by Crippen LogP contribution is 2.22. The third-order valence-electron chi connectivity index (χ3n) is 3.17. The zero-order valence-electron chi connectivity index (χ0n) is 12.3. The number of aliphatic hydroxyl groups is 1. The number of benzene rings is 1. The molecule has 0 saturated carbocycles. The second-order valence-corrected chi connectivity index (χ2v) is 5.00. The molecule has 1 aromatic carbocycles. The third-order valence-corrected chi connectivity index (χ3v) is 3.64. The van der Waals surface area contributed by atoms with Crippen LogP contribution in [0.4, 0.5) is 5.69 Å². The summed E-state index contributed by atoms with van der Waals surface area (Å²) in [6.07, 6.45) is 0.853. The van der Waals surface area contributed by atoms with Gasteiger partial charge in [-0.3, -0.25) is 4.68 Å². The lowest BCUT2D eigenvalue weighted by atomic mass is 10.2. The number of halogens is 1. The Bertz CT molecular complexity index is 581. The highest BCUT2D eigenvalue weighted by molar-refractivity contribution is 6.30. The number of rotatable bonds is 7. The van der Waals surface area contributed by atoms with Gasteiger partial charge in [0.15, 0.2) is 0 Å². The van der Waals surface area contributed by atoms with Gasteiger partial charge in [0.05, 0.1) is 12.3 Å². The predicted octanol–water partition coefficient (Wildman–Crippen LogP) is 2.62. The summed E-state index contributed by atoms with van der Waals surface area (Å²) < 4.78 is 7.02. The van der Waals surface area contributed by atoms with Crippen molar-refractivity contribution in [3.8, 4) is 5.75 Å². The Kier molecular flexibility index (Phi) is 5.47. The number of ether oxygens (including phenoxy) is 1. The van der Waals surface area contributed by atoms with Crippen LogP contribution in [-0.2, 0) is 20.0 Å². The molecule has 6 heteroatoms. The molecule has 0 aliphatic heterocycles. The fourth-order valence-electron chi connectivity index (χ4n) is 2.08. The summed E-state index contributed by atoms with van der Waals surface area (Å²) in [5, 5.41) is 17.1. The molecule has 0 bridgehead atoms. The molecule has 0 saturated heterocycles. The number of aromatic nitrogens is 2. The van der Waals surface area contributed by atoms with Gasteiger partial charge in [-0.1, -0.05) is 18.5 Å². The summed E-state index contributed by atoms with van der Waals surface area (Å²) in [5.74, 6) is 0.739. The van der Waals surface area contributed by atoms with Crippen molar-refractivity contribution in [2.24, 2.45) is 7.05 Å². The van der Waals surface area contributed by atoms with Crippen molar-refractivity contribution < 1.29 is 9.84 Å². The van der Waals surface area contributed by atoms with Crippen molar-refractivity contribution in [1.29, 1.82) is 0 Å². The first-order valence-electron chi connectivity index (χ1n) is 6.93. The van der Waals surface area contributed by atoms with E-state index in [1.807, 2.05) is 31.3 Å². The molecule has 0 fully saturated rings. The molecule has 5 nitrogen and oxygen atoms in total. The van der Waals surface area contributed by atoms with Crippen LogP contribution in [0.3, 0.4) is 0 Å². The van der Waals surface area contributed by atoms with Crippen LogP contribution >= 0.6 is 11.6 Å². The number of nitrogens with zero attached hydrogens (tertiary/aromatic N) is 2. The summed E-state index contributed by atoms with van der Waals surface area (Å²) in [6, 6.07) is 7.60. The van der Waals surface area contributed by atoms with Crippen molar-refractivity contribution in [1.82, 2.24) is 9.78 Å². The molecular formula is C15H20ClN3O2. The molecule has 0 aliphatic carbocycles. The van der Waals surface area contributed by atoms with E-state index in [1.165, 1.54) is 0 Å². The van der Waals surface area contributed by atoms with Crippen molar-refractivity contribution in [2.45, 2.75) is 19.9 Å². The van der Waals surface area contributed by atoms with Crippen molar-refractivity contribution >= 4 is 17.3 Å². The van der Waals surface area contributed by atoms with Crippen LogP contribution in [0.15, 0.2) is 24.3 Å². The summed E-state index contributed by atoms with van der Waals surface area (Å²) in [4.78, 5) is 0. The smallest absolute Gasteiger partial charge is 0.131 e. The monoisotopic (exact) mass is 309 g/mol. The second-order valence-electron chi connectivity index (χ2n) is 4.64. The van der Waals surface area contributed by atoms with E-state index < -0.39 is 0 Å². The SMILES string of the molecule is CCc1nn(C)c(Cl)c1CNc1ccc(OCCO)cc1. The van der Waals surface area contributed by atoms with Gasteiger partial charge in [0.2, 0.25) is 0 Å². The molecule has 0 spiro atoms. The highest BCUT2D eigenvalue weighted by atomic mass is 35.5. The zero-order chi connectivity index (χ0) is 15.2. The highest BCUT2D eigenvalue weighted by Gasteiger charge is 2.12. The standard InChI is InChI=1S/C15H20ClN3O2/c1-3-14-13(15(16)19(2)18-14)10-17-11-4-6-12(7-5-11)21-9-8-20/h4-7,17,20H,3,8-10H2,1-2H3. The van der Waals surface area contributed by atoms with Gasteiger partial charge in [0.1, 0.15) is 17.5 Å². The lowest BCUT2D eigenvalue weighted by Gasteiger charge is -2.08. The van der Waals surface area contributed by atoms with Crippen LogP contribution in [0, 0.1) is 0 Å². The number of nitrogens with one attached hydrogen (secondary N) is 1. The van der Waals surface area contributed by atoms with E-state index in [0.29, 0.717) is 18.3 Å². The predicted molar refractivity (Wildman–Crippen MR) is 83.9 cm³/mol. The fourth-order valence-corrected chi connectivity index (χ4v) is 2.30. The van der Waals surface area contributed by atoms with Crippen LogP contribution in [0.5, 0.6) is 5.75 Å². The largest absolute Gasteiger partial charge is 0.491 e. The Morgan fingerprint density at radius 3 is 2.67 bits per heavy atom. The second kappa shape index (κ2) is 7.33. The number of hydrogen-bond donors (Lipinski definition) is 2. The minimum atomic E-state index is 0.0132. The Morgan fingerprint density at radius 2 is 2.05 bits per heavy atom. The molecule has 0 radical (unpaired) electrons. The Morgan fingerprint density at radius 1 is 1.33 bits per heavy atom. The van der Waals surface area contributed by atoms with Gasteiger partial charge in [0.25, 0.3) is 0 Å². The van der Waals surface area contributed by atoms with E-state index in [0.717, 1.165) is 29.1 Å². The molecule has 0 aliphatic rings. The molecule has 0 unspecified atom stereocenters. The van der Waals surface area contributed by atoms with Crippen LogP contribution in [0.1, 0.15) is 18.2 Å². The van der Waals surface area contributed by atoms with Gasteiger partial charge < -0.3 is 15.2 Å². The van der Waals surface area contributed by atoms with E-state index in [2.05, 4.69) is 17.3 Å². The quantitative estimate of drug-likeness (QED) is 0.825. The summed E-state index contributed by atoms with van der Waals surface area (Å²) in [5.41, 5.74) is 3.02. The van der Waals surface area contributed by atoms with E-state index in [-0.39, 0.29) is 6.61 Å². The normalized spacial score (nSPS) is 10.7. The van der Waals surface area contributed by atoms with Gasteiger partial charge in [-0.15, -0.1) is 0 Å². The molecule has 114 valence electrons. The minimum absolute atomic E-state index is 0.0132. The number of aliphatic hydroxyl groups excluding tert-OH is 1. The fraction of sp³-hybridized carbons (Fsp3) is 0.400. The summed E-state index contributed by atoms with van der Waals surface area (Å²) in [6.45, 7) is 3.01. The molecule has 21 heavy (non-hydrogen) atoms. The third kappa shape index (κ3) is 3.89. The Balaban J connectivity index is 2.00. The summed E-state index contributed by atoms with van der Waals surface area (Å²) in [7, 11) is 1.85. The first-order valence-corrected chi connectivity index (χ1v) is 7.31. The number of anilines is 1. The number of aryl methyl sites for hydroxylation is 2. The minimum Gasteiger partial charge on any atom is -0.491 e. The van der Waals surface area contributed by atoms with Crippen LogP contribution in [0.25, 0.3) is 0 Å². The van der Waals surface area contributed by atoms with E-state index in [9.17, 15) is 0 Å². The topological polar surface area (TPSA) is 59.3 Å². The molecule has 2 aromatic rings. The van der Waals surface area contributed by atoms with Gasteiger partial charge in [-0.05, 0) is 30.7 Å². The Hall–Kier alpha value is -1.72. The summed E-state index contributed by atoms with van der Waals surface area (Å²) >= 11 is 6.26. The lowest BCUT2D eigenvalue weighted by molar-refractivity contribution is 0.201. The zero-order valence-corrected chi connectivity index (χ0v) is 13.0. The van der Waals surface area contributed by atoms with Crippen LogP contribution < -0.4 is 10.1 Å². The molecular weight excluding hydrogens is 290 g/mol. The van der Waals surface area contributed by atoms with Gasteiger partial charge in [-0.2, -0.15) is 5.10 Å². The maximum Gasteiger partial charge on any atom is 0.131 e. The van der Waals surface area contributed by atoms with E-state index in [4.69, 9.17) is 21.4 Å². The average Bonchev–Trinajstić information content (AvgIpc) is 2.79. The maximum absolute atomic E-state index is 8.71. The molecule has 2 rings (SSSR count). The molecule has 0 atom stereocenters. The Labute approximate surface area is 129 Å². The van der Waals surface area contributed by atoms with Crippen molar-refractivity contribution in [2.75, 3.05) is 18.5 Å². The lowest BCUT2D eigenvalue weighted by Crippen LogP contribution is -2.03. The molecule has 2 N–H and O–H groups in total.